The molecule has 6 nitrogen and oxygen atoms in total. The summed E-state index contributed by atoms with van der Waals surface area (Å²) in [5, 5.41) is 13.4. The minimum Gasteiger partial charge on any atom is -0.394 e. The van der Waals surface area contributed by atoms with Gasteiger partial charge in [-0.3, -0.25) is 0 Å². The topological polar surface area (TPSA) is 90.9 Å². The fourth-order valence-electron chi connectivity index (χ4n) is 1.46. The third kappa shape index (κ3) is 2.14. The Balaban J connectivity index is 3.00. The largest absolute Gasteiger partial charge is 0.394 e. The Morgan fingerprint density at radius 2 is 1.79 bits per heavy atom. The second-order valence-corrected chi connectivity index (χ2v) is 3.70. The van der Waals surface area contributed by atoms with Crippen LogP contribution >= 0.6 is 0 Å². The van der Waals surface area contributed by atoms with E-state index in [1.807, 2.05) is 13.8 Å². The normalized spacial score (nSPS) is 13.4. The summed E-state index contributed by atoms with van der Waals surface area (Å²) in [6, 6.07) is -0.447. The monoisotopic (exact) mass is 201 g/mol. The average Bonchev–Trinajstić information content (AvgIpc) is 2.43. The van der Waals surface area contributed by atoms with Crippen molar-refractivity contribution in [2.45, 2.75) is 26.3 Å². The van der Waals surface area contributed by atoms with Gasteiger partial charge in [0.05, 0.1) is 12.6 Å². The summed E-state index contributed by atoms with van der Waals surface area (Å²) < 4.78 is 1.01. The molecule has 1 unspecified atom stereocenters. The Morgan fingerprint density at radius 3 is 2.14 bits per heavy atom. The first-order valence-electron chi connectivity index (χ1n) is 4.56. The summed E-state index contributed by atoms with van der Waals surface area (Å²) in [6.07, 6.45) is 0.595. The van der Waals surface area contributed by atoms with Crippen molar-refractivity contribution in [3.8, 4) is 0 Å². The third-order valence-electron chi connectivity index (χ3n) is 2.03. The molecule has 1 rings (SSSR count). The van der Waals surface area contributed by atoms with Crippen LogP contribution in [0.15, 0.2) is 9.59 Å². The van der Waals surface area contributed by atoms with Crippen molar-refractivity contribution in [3.63, 3.8) is 0 Å². The number of hydrogen-bond donors (Lipinski definition) is 3. The maximum Gasteiger partial charge on any atom is 0.344 e. The maximum absolute atomic E-state index is 11.2. The third-order valence-corrected chi connectivity index (χ3v) is 2.03. The number of aliphatic hydroxyl groups is 1. The van der Waals surface area contributed by atoms with Gasteiger partial charge in [-0.1, -0.05) is 13.8 Å². The molecule has 0 aromatic carbocycles. The number of hydrogen-bond acceptors (Lipinski definition) is 3. The molecule has 0 radical (unpaired) electrons. The summed E-state index contributed by atoms with van der Waals surface area (Å²) in [5.74, 6) is 0.313. The Labute approximate surface area is 80.6 Å². The van der Waals surface area contributed by atoms with Gasteiger partial charge in [-0.15, -0.1) is 0 Å². The lowest BCUT2D eigenvalue weighted by molar-refractivity contribution is 0.203. The molecule has 0 saturated carbocycles. The standard InChI is InChI=1S/C8H15N3O3/c1-5(2)3-6(4-12)11-7(13)9-10-8(11)14/h5-6,12H,3-4H2,1-2H3,(H,9,13)(H,10,14). The van der Waals surface area contributed by atoms with Gasteiger partial charge in [-0.2, -0.15) is 0 Å². The molecular weight excluding hydrogens is 186 g/mol. The molecule has 6 heteroatoms. The van der Waals surface area contributed by atoms with Gasteiger partial charge in [-0.05, 0) is 12.3 Å². The SMILES string of the molecule is CC(C)CC(CO)n1c(=O)[nH][nH]c1=O. The number of aromatic amines is 2. The number of nitrogens with one attached hydrogen (secondary N) is 2. The second kappa shape index (κ2) is 4.28. The highest BCUT2D eigenvalue weighted by atomic mass is 16.3. The highest BCUT2D eigenvalue weighted by Gasteiger charge is 2.16. The van der Waals surface area contributed by atoms with Crippen LogP contribution in [0.25, 0.3) is 0 Å². The first-order chi connectivity index (χ1) is 6.56. The first-order valence-corrected chi connectivity index (χ1v) is 4.56. The summed E-state index contributed by atoms with van der Waals surface area (Å²) in [5.41, 5.74) is -1.01. The van der Waals surface area contributed by atoms with Gasteiger partial charge < -0.3 is 5.11 Å². The zero-order valence-corrected chi connectivity index (χ0v) is 8.28. The second-order valence-electron chi connectivity index (χ2n) is 3.70. The molecular formula is C8H15N3O3. The van der Waals surface area contributed by atoms with Gasteiger partial charge in [0.25, 0.3) is 0 Å². The summed E-state index contributed by atoms with van der Waals surface area (Å²) in [6.45, 7) is 3.72. The molecule has 1 aromatic heterocycles. The van der Waals surface area contributed by atoms with Crippen LogP contribution in [0.4, 0.5) is 0 Å². The molecule has 0 aliphatic rings. The number of aliphatic hydroxyl groups excluding tert-OH is 1. The van der Waals surface area contributed by atoms with E-state index >= 15 is 0 Å². The molecule has 0 saturated heterocycles. The molecule has 14 heavy (non-hydrogen) atoms. The van der Waals surface area contributed by atoms with Crippen LogP contribution < -0.4 is 11.4 Å². The molecule has 0 aliphatic carbocycles. The Bertz CT molecular complexity index is 360. The van der Waals surface area contributed by atoms with Crippen molar-refractivity contribution in [2.75, 3.05) is 6.61 Å². The number of H-pyrrole nitrogens is 2. The fourth-order valence-corrected chi connectivity index (χ4v) is 1.46. The highest BCUT2D eigenvalue weighted by Crippen LogP contribution is 2.12. The molecule has 3 N–H and O–H groups in total. The van der Waals surface area contributed by atoms with Crippen LogP contribution in [0, 0.1) is 5.92 Å². The Morgan fingerprint density at radius 1 is 1.29 bits per heavy atom. The zero-order chi connectivity index (χ0) is 10.7. The van der Waals surface area contributed by atoms with Crippen LogP contribution in [0.1, 0.15) is 26.3 Å². The molecule has 1 atom stereocenters. The average molecular weight is 201 g/mol. The van der Waals surface area contributed by atoms with Crippen LogP contribution in [-0.2, 0) is 0 Å². The van der Waals surface area contributed by atoms with Crippen molar-refractivity contribution >= 4 is 0 Å². The first kappa shape index (κ1) is 10.8. The summed E-state index contributed by atoms with van der Waals surface area (Å²) >= 11 is 0. The van der Waals surface area contributed by atoms with E-state index in [0.717, 1.165) is 4.57 Å². The predicted molar refractivity (Wildman–Crippen MR) is 51.3 cm³/mol. The molecule has 1 heterocycles. The van der Waals surface area contributed by atoms with Crippen molar-refractivity contribution < 1.29 is 5.11 Å². The van der Waals surface area contributed by atoms with E-state index in [1.165, 1.54) is 0 Å². The number of nitrogens with zero attached hydrogens (tertiary/aromatic N) is 1. The molecule has 80 valence electrons. The summed E-state index contributed by atoms with van der Waals surface area (Å²) in [7, 11) is 0. The smallest absolute Gasteiger partial charge is 0.344 e. The molecule has 0 bridgehead atoms. The quantitative estimate of drug-likeness (QED) is 0.610. The van der Waals surface area contributed by atoms with Crippen LogP contribution in [-0.4, -0.2) is 26.5 Å². The number of aromatic nitrogens is 3. The van der Waals surface area contributed by atoms with Crippen LogP contribution in [0.2, 0.25) is 0 Å². The number of rotatable bonds is 4. The van der Waals surface area contributed by atoms with Gasteiger partial charge in [0.1, 0.15) is 0 Å². The maximum atomic E-state index is 11.2. The highest BCUT2D eigenvalue weighted by molar-refractivity contribution is 4.75. The van der Waals surface area contributed by atoms with E-state index in [1.54, 1.807) is 0 Å². The molecule has 0 spiro atoms. The van der Waals surface area contributed by atoms with Gasteiger partial charge >= 0.3 is 11.4 Å². The molecule has 1 aromatic rings. The van der Waals surface area contributed by atoms with E-state index in [2.05, 4.69) is 10.2 Å². The van der Waals surface area contributed by atoms with E-state index < -0.39 is 17.4 Å². The molecule has 0 fully saturated rings. The zero-order valence-electron chi connectivity index (χ0n) is 8.28. The van der Waals surface area contributed by atoms with Crippen LogP contribution in [0.5, 0.6) is 0 Å². The van der Waals surface area contributed by atoms with Crippen LogP contribution in [0.3, 0.4) is 0 Å². The van der Waals surface area contributed by atoms with E-state index in [9.17, 15) is 9.59 Å². The van der Waals surface area contributed by atoms with Gasteiger partial charge in [0.2, 0.25) is 0 Å². The Hall–Kier alpha value is -1.30. The molecule has 0 amide bonds. The van der Waals surface area contributed by atoms with Crippen molar-refractivity contribution in [2.24, 2.45) is 5.92 Å². The fraction of sp³-hybridized carbons (Fsp3) is 0.750. The van der Waals surface area contributed by atoms with E-state index in [-0.39, 0.29) is 6.61 Å². The van der Waals surface area contributed by atoms with Gasteiger partial charge in [-0.25, -0.2) is 24.4 Å². The van der Waals surface area contributed by atoms with E-state index in [0.29, 0.717) is 12.3 Å². The minimum atomic E-state index is -0.505. The van der Waals surface area contributed by atoms with Gasteiger partial charge in [0, 0.05) is 0 Å². The van der Waals surface area contributed by atoms with Crippen molar-refractivity contribution in [1.29, 1.82) is 0 Å². The Kier molecular flexibility index (Phi) is 3.29. The summed E-state index contributed by atoms with van der Waals surface area (Å²) in [4.78, 5) is 22.4. The van der Waals surface area contributed by atoms with Gasteiger partial charge in [0.15, 0.2) is 0 Å². The minimum absolute atomic E-state index is 0.209. The van der Waals surface area contributed by atoms with E-state index in [4.69, 9.17) is 5.11 Å². The molecule has 0 aliphatic heterocycles. The lowest BCUT2D eigenvalue weighted by Gasteiger charge is -2.15. The lowest BCUT2D eigenvalue weighted by atomic mass is 10.0. The lowest BCUT2D eigenvalue weighted by Crippen LogP contribution is -2.33. The predicted octanol–water partition coefficient (Wildman–Crippen LogP) is -0.556. The van der Waals surface area contributed by atoms with Crippen molar-refractivity contribution in [1.82, 2.24) is 14.8 Å². The van der Waals surface area contributed by atoms with Crippen molar-refractivity contribution in [3.05, 3.63) is 21.0 Å².